The molecule has 1 N–H and O–H groups in total. The molecule has 1 aromatic carbocycles. The second kappa shape index (κ2) is 4.53. The average Bonchev–Trinajstić information content (AvgIpc) is 2.78. The molecule has 2 rings (SSSR count). The van der Waals surface area contributed by atoms with Crippen LogP contribution in [0.5, 0.6) is 0 Å². The van der Waals surface area contributed by atoms with E-state index in [0.29, 0.717) is 11.4 Å². The van der Waals surface area contributed by atoms with E-state index in [1.165, 1.54) is 16.9 Å². The van der Waals surface area contributed by atoms with Gasteiger partial charge < -0.3 is 5.11 Å². The van der Waals surface area contributed by atoms with Crippen molar-refractivity contribution in [3.05, 3.63) is 45.8 Å². The SMILES string of the molecule is Cc1ccc(-n2cc(C(C)O)nn2)c([N+](=O)[O-])c1. The van der Waals surface area contributed by atoms with Gasteiger partial charge in [-0.2, -0.15) is 0 Å². The van der Waals surface area contributed by atoms with Gasteiger partial charge in [0, 0.05) is 6.07 Å². The fraction of sp³-hybridized carbons (Fsp3) is 0.273. The molecule has 7 heteroatoms. The Morgan fingerprint density at radius 2 is 2.22 bits per heavy atom. The van der Waals surface area contributed by atoms with E-state index < -0.39 is 11.0 Å². The highest BCUT2D eigenvalue weighted by Gasteiger charge is 2.17. The summed E-state index contributed by atoms with van der Waals surface area (Å²) in [5.74, 6) is 0. The molecule has 18 heavy (non-hydrogen) atoms. The second-order valence-corrected chi connectivity index (χ2v) is 4.01. The molecule has 94 valence electrons. The minimum absolute atomic E-state index is 0.0444. The average molecular weight is 248 g/mol. The number of aliphatic hydroxyl groups excluding tert-OH is 1. The van der Waals surface area contributed by atoms with Crippen molar-refractivity contribution in [1.29, 1.82) is 0 Å². The van der Waals surface area contributed by atoms with Crippen LogP contribution >= 0.6 is 0 Å². The number of nitro groups is 1. The van der Waals surface area contributed by atoms with Crippen LogP contribution in [0.2, 0.25) is 0 Å². The summed E-state index contributed by atoms with van der Waals surface area (Å²) in [4.78, 5) is 10.5. The summed E-state index contributed by atoms with van der Waals surface area (Å²) < 4.78 is 1.29. The van der Waals surface area contributed by atoms with E-state index in [4.69, 9.17) is 0 Å². The maximum absolute atomic E-state index is 11.0. The molecule has 0 aliphatic carbocycles. The van der Waals surface area contributed by atoms with Crippen molar-refractivity contribution in [3.8, 4) is 5.69 Å². The number of nitro benzene ring substituents is 1. The minimum atomic E-state index is -0.761. The molecule has 0 amide bonds. The Morgan fingerprint density at radius 1 is 1.50 bits per heavy atom. The normalized spacial score (nSPS) is 12.4. The first-order chi connectivity index (χ1) is 8.49. The van der Waals surface area contributed by atoms with Crippen molar-refractivity contribution >= 4 is 5.69 Å². The molecule has 0 aliphatic rings. The van der Waals surface area contributed by atoms with Gasteiger partial charge in [-0.05, 0) is 25.5 Å². The van der Waals surface area contributed by atoms with E-state index in [-0.39, 0.29) is 5.69 Å². The molecule has 0 spiro atoms. The largest absolute Gasteiger partial charge is 0.387 e. The van der Waals surface area contributed by atoms with Gasteiger partial charge >= 0.3 is 0 Å². The van der Waals surface area contributed by atoms with Crippen LogP contribution < -0.4 is 0 Å². The Labute approximate surface area is 103 Å². The summed E-state index contributed by atoms with van der Waals surface area (Å²) in [5.41, 5.74) is 1.44. The first-order valence-corrected chi connectivity index (χ1v) is 5.35. The van der Waals surface area contributed by atoms with Crippen molar-refractivity contribution in [3.63, 3.8) is 0 Å². The van der Waals surface area contributed by atoms with Gasteiger partial charge in [-0.15, -0.1) is 5.10 Å². The van der Waals surface area contributed by atoms with Crippen LogP contribution in [-0.2, 0) is 0 Å². The molecule has 7 nitrogen and oxygen atoms in total. The summed E-state index contributed by atoms with van der Waals surface area (Å²) >= 11 is 0. The number of benzene rings is 1. The lowest BCUT2D eigenvalue weighted by Crippen LogP contribution is -2.01. The number of rotatable bonds is 3. The van der Waals surface area contributed by atoms with Crippen molar-refractivity contribution in [2.45, 2.75) is 20.0 Å². The Bertz CT molecular complexity index is 592. The molecule has 2 aromatic rings. The Kier molecular flexibility index (Phi) is 3.07. The summed E-state index contributed by atoms with van der Waals surface area (Å²) in [5, 5.41) is 27.9. The van der Waals surface area contributed by atoms with Crippen LogP contribution in [0, 0.1) is 17.0 Å². The topological polar surface area (TPSA) is 94.1 Å². The molecule has 0 aliphatic heterocycles. The molecule has 0 fully saturated rings. The van der Waals surface area contributed by atoms with Gasteiger partial charge in [-0.1, -0.05) is 11.3 Å². The smallest absolute Gasteiger partial charge is 0.295 e. The zero-order valence-electron chi connectivity index (χ0n) is 9.94. The van der Waals surface area contributed by atoms with Gasteiger partial charge in [0.25, 0.3) is 5.69 Å². The first-order valence-electron chi connectivity index (χ1n) is 5.35. The van der Waals surface area contributed by atoms with Crippen molar-refractivity contribution < 1.29 is 10.0 Å². The Balaban J connectivity index is 2.52. The van der Waals surface area contributed by atoms with Crippen molar-refractivity contribution in [2.24, 2.45) is 0 Å². The van der Waals surface area contributed by atoms with Crippen LogP contribution in [0.25, 0.3) is 5.69 Å². The number of aliphatic hydroxyl groups is 1. The monoisotopic (exact) mass is 248 g/mol. The van der Waals surface area contributed by atoms with Gasteiger partial charge in [0.2, 0.25) is 0 Å². The van der Waals surface area contributed by atoms with E-state index in [1.807, 2.05) is 0 Å². The van der Waals surface area contributed by atoms with E-state index >= 15 is 0 Å². The number of aromatic nitrogens is 3. The molecule has 0 saturated carbocycles. The standard InChI is InChI=1S/C11H12N4O3/c1-7-3-4-10(11(5-7)15(17)18)14-6-9(8(2)16)12-13-14/h3-6,8,16H,1-2H3. The Hall–Kier alpha value is -2.28. The van der Waals surface area contributed by atoms with Gasteiger partial charge in [0.1, 0.15) is 11.4 Å². The fourth-order valence-corrected chi connectivity index (χ4v) is 1.56. The van der Waals surface area contributed by atoms with Crippen LogP contribution in [0.1, 0.15) is 24.3 Å². The zero-order valence-corrected chi connectivity index (χ0v) is 9.94. The van der Waals surface area contributed by atoms with E-state index in [9.17, 15) is 15.2 Å². The van der Waals surface area contributed by atoms with Crippen LogP contribution in [0.4, 0.5) is 5.69 Å². The lowest BCUT2D eigenvalue weighted by atomic mass is 10.2. The molecule has 1 heterocycles. The first kappa shape index (κ1) is 12.2. The minimum Gasteiger partial charge on any atom is -0.387 e. The van der Waals surface area contributed by atoms with Gasteiger partial charge in [-0.3, -0.25) is 10.1 Å². The highest BCUT2D eigenvalue weighted by atomic mass is 16.6. The predicted octanol–water partition coefficient (Wildman–Crippen LogP) is 1.54. The number of hydrogen-bond acceptors (Lipinski definition) is 5. The summed E-state index contributed by atoms with van der Waals surface area (Å²) in [6, 6.07) is 4.83. The number of hydrogen-bond donors (Lipinski definition) is 1. The molecular weight excluding hydrogens is 236 g/mol. The molecule has 1 unspecified atom stereocenters. The Morgan fingerprint density at radius 3 is 2.78 bits per heavy atom. The van der Waals surface area contributed by atoms with Gasteiger partial charge in [0.15, 0.2) is 0 Å². The van der Waals surface area contributed by atoms with E-state index in [0.717, 1.165) is 5.56 Å². The van der Waals surface area contributed by atoms with E-state index in [1.54, 1.807) is 26.0 Å². The van der Waals surface area contributed by atoms with E-state index in [2.05, 4.69) is 10.3 Å². The third kappa shape index (κ3) is 2.21. The fourth-order valence-electron chi connectivity index (χ4n) is 1.56. The highest BCUT2D eigenvalue weighted by molar-refractivity contribution is 5.53. The predicted molar refractivity (Wildman–Crippen MR) is 63.4 cm³/mol. The summed E-state index contributed by atoms with van der Waals surface area (Å²) in [6.07, 6.45) is 0.714. The summed E-state index contributed by atoms with van der Waals surface area (Å²) in [6.45, 7) is 3.33. The highest BCUT2D eigenvalue weighted by Crippen LogP contribution is 2.24. The number of nitrogens with zero attached hydrogens (tertiary/aromatic N) is 4. The van der Waals surface area contributed by atoms with Gasteiger partial charge in [-0.25, -0.2) is 4.68 Å². The molecule has 1 aromatic heterocycles. The van der Waals surface area contributed by atoms with Crippen LogP contribution in [0.15, 0.2) is 24.4 Å². The van der Waals surface area contributed by atoms with Crippen molar-refractivity contribution in [2.75, 3.05) is 0 Å². The lowest BCUT2D eigenvalue weighted by Gasteiger charge is -2.02. The van der Waals surface area contributed by atoms with Crippen molar-refractivity contribution in [1.82, 2.24) is 15.0 Å². The molecule has 0 saturated heterocycles. The third-order valence-corrected chi connectivity index (χ3v) is 2.51. The quantitative estimate of drug-likeness (QED) is 0.656. The zero-order chi connectivity index (χ0) is 13.3. The maximum Gasteiger partial charge on any atom is 0.295 e. The molecule has 0 bridgehead atoms. The lowest BCUT2D eigenvalue weighted by molar-refractivity contribution is -0.384. The molecule has 1 atom stereocenters. The second-order valence-electron chi connectivity index (χ2n) is 4.01. The third-order valence-electron chi connectivity index (χ3n) is 2.51. The number of aryl methyl sites for hydroxylation is 1. The molecule has 0 radical (unpaired) electrons. The maximum atomic E-state index is 11.0. The summed E-state index contributed by atoms with van der Waals surface area (Å²) in [7, 11) is 0. The molecular formula is C11H12N4O3. The van der Waals surface area contributed by atoms with Crippen LogP contribution in [0.3, 0.4) is 0 Å². The van der Waals surface area contributed by atoms with Gasteiger partial charge in [0.05, 0.1) is 17.2 Å². The van der Waals surface area contributed by atoms with Crippen LogP contribution in [-0.4, -0.2) is 25.0 Å².